The van der Waals surface area contributed by atoms with Crippen LogP contribution in [0.2, 0.25) is 0 Å². The summed E-state index contributed by atoms with van der Waals surface area (Å²) in [7, 11) is 0. The second-order valence-corrected chi connectivity index (χ2v) is 9.42. The fourth-order valence-electron chi connectivity index (χ4n) is 4.61. The molecule has 1 saturated heterocycles. The van der Waals surface area contributed by atoms with Crippen LogP contribution in [0.25, 0.3) is 16.5 Å². The molecule has 0 radical (unpaired) electrons. The number of para-hydroxylation sites is 1. The van der Waals surface area contributed by atoms with E-state index in [4.69, 9.17) is 4.74 Å². The fourth-order valence-corrected chi connectivity index (χ4v) is 4.61. The van der Waals surface area contributed by atoms with Gasteiger partial charge in [0.1, 0.15) is 0 Å². The second-order valence-electron chi connectivity index (χ2n) is 9.42. The van der Waals surface area contributed by atoms with Crippen molar-refractivity contribution in [2.45, 2.75) is 58.1 Å². The first kappa shape index (κ1) is 21.4. The Morgan fingerprint density at radius 1 is 1.26 bits per heavy atom. The van der Waals surface area contributed by atoms with Crippen molar-refractivity contribution in [3.05, 3.63) is 41.7 Å². The molecule has 7 nitrogen and oxygen atoms in total. The van der Waals surface area contributed by atoms with Crippen molar-refractivity contribution < 1.29 is 14.3 Å². The van der Waals surface area contributed by atoms with Gasteiger partial charge in [-0.1, -0.05) is 32.0 Å². The molecule has 0 saturated carbocycles. The molecule has 166 valence electrons. The third kappa shape index (κ3) is 4.32. The molecule has 7 heteroatoms. The highest BCUT2D eigenvalue weighted by molar-refractivity contribution is 6.18. The molecule has 4 rings (SSSR count). The minimum atomic E-state index is -0.433. The first-order valence-corrected chi connectivity index (χ1v) is 11.1. The smallest absolute Gasteiger partial charge is 0.342 e. The molecule has 2 aliphatic heterocycles. The molecule has 2 amide bonds. The van der Waals surface area contributed by atoms with Crippen LogP contribution >= 0.6 is 0 Å². The number of aromatic nitrogens is 1. The van der Waals surface area contributed by atoms with Gasteiger partial charge >= 0.3 is 12.0 Å². The minimum Gasteiger partial charge on any atom is -0.459 e. The number of ether oxygens (including phenoxy) is 1. The zero-order valence-corrected chi connectivity index (χ0v) is 18.7. The Kier molecular flexibility index (Phi) is 5.79. The molecule has 2 aromatic rings. The summed E-state index contributed by atoms with van der Waals surface area (Å²) in [6, 6.07) is 7.93. The number of H-pyrrole nitrogens is 1. The zero-order valence-electron chi connectivity index (χ0n) is 18.7. The number of carbonyl (C=O) groups is 2. The summed E-state index contributed by atoms with van der Waals surface area (Å²) in [5, 5.41) is 7.51. The largest absolute Gasteiger partial charge is 0.459 e. The van der Waals surface area contributed by atoms with Gasteiger partial charge < -0.3 is 20.4 Å². The number of urea groups is 1. The van der Waals surface area contributed by atoms with Crippen LogP contribution in [-0.4, -0.2) is 53.7 Å². The lowest BCUT2D eigenvalue weighted by molar-refractivity contribution is -0.140. The van der Waals surface area contributed by atoms with E-state index in [9.17, 15) is 9.59 Å². The van der Waals surface area contributed by atoms with Crippen molar-refractivity contribution in [2.75, 3.05) is 19.6 Å². The maximum absolute atomic E-state index is 13.2. The highest BCUT2D eigenvalue weighted by atomic mass is 16.5. The predicted octanol–water partition coefficient (Wildman–Crippen LogP) is 3.52. The normalized spacial score (nSPS) is 20.7. The monoisotopic (exact) mass is 424 g/mol. The van der Waals surface area contributed by atoms with E-state index in [1.807, 2.05) is 32.0 Å². The van der Waals surface area contributed by atoms with Gasteiger partial charge in [-0.25, -0.2) is 9.59 Å². The van der Waals surface area contributed by atoms with Crippen LogP contribution in [0.1, 0.15) is 51.8 Å². The van der Waals surface area contributed by atoms with Gasteiger partial charge in [0.2, 0.25) is 0 Å². The minimum absolute atomic E-state index is 0.0886. The molecule has 0 unspecified atom stereocenters. The van der Waals surface area contributed by atoms with Gasteiger partial charge in [-0.05, 0) is 44.9 Å². The summed E-state index contributed by atoms with van der Waals surface area (Å²) in [4.78, 5) is 31.4. The topological polar surface area (TPSA) is 86.5 Å². The van der Waals surface area contributed by atoms with E-state index in [2.05, 4.69) is 35.5 Å². The molecule has 1 aromatic heterocycles. The van der Waals surface area contributed by atoms with Gasteiger partial charge in [-0.3, -0.25) is 4.90 Å². The molecule has 3 N–H and O–H groups in total. The zero-order chi connectivity index (χ0) is 22.2. The Bertz CT molecular complexity index is 1020. The summed E-state index contributed by atoms with van der Waals surface area (Å²) < 4.78 is 5.55. The Hall–Kier alpha value is -2.80. The first-order valence-electron chi connectivity index (χ1n) is 11.1. The van der Waals surface area contributed by atoms with E-state index in [1.165, 1.54) is 0 Å². The van der Waals surface area contributed by atoms with E-state index >= 15 is 0 Å². The number of amides is 2. The maximum Gasteiger partial charge on any atom is 0.342 e. The lowest BCUT2D eigenvalue weighted by Crippen LogP contribution is -2.50. The second kappa shape index (κ2) is 8.38. The number of nitrogens with one attached hydrogen (secondary N) is 3. The quantitative estimate of drug-likeness (QED) is 0.658. The van der Waals surface area contributed by atoms with E-state index in [0.717, 1.165) is 48.1 Å². The third-order valence-electron chi connectivity index (χ3n) is 5.95. The van der Waals surface area contributed by atoms with Crippen LogP contribution < -0.4 is 10.6 Å². The number of carbonyl (C=O) groups excluding carboxylic acids is 2. The number of piperidine rings is 1. The lowest BCUT2D eigenvalue weighted by atomic mass is 9.82. The van der Waals surface area contributed by atoms with E-state index < -0.39 is 5.97 Å². The third-order valence-corrected chi connectivity index (χ3v) is 5.95. The molecule has 2 aliphatic rings. The van der Waals surface area contributed by atoms with Gasteiger partial charge in [0.05, 0.1) is 17.4 Å². The van der Waals surface area contributed by atoms with E-state index in [-0.39, 0.29) is 23.6 Å². The Morgan fingerprint density at radius 2 is 2.03 bits per heavy atom. The standard InChI is InChI=1S/C24H32N4O3/c1-15(2)31-22(29)18-13-28(23(30)26-16-8-7-11-25-12-16)14-24(3,4)20-17-9-5-6-10-19(17)27-21(18)20/h5-6,9-10,13,15-16,25,27H,7-8,11-12,14H2,1-4H3,(H,26,30)/t16-/m0/s1. The number of fused-ring (bicyclic) bond motifs is 3. The Labute approximate surface area is 183 Å². The fraction of sp³-hybridized carbons (Fsp3) is 0.500. The molecule has 1 fully saturated rings. The van der Waals surface area contributed by atoms with Crippen LogP contribution in [0.3, 0.4) is 0 Å². The Balaban J connectivity index is 1.76. The van der Waals surface area contributed by atoms with Crippen molar-refractivity contribution in [1.29, 1.82) is 0 Å². The van der Waals surface area contributed by atoms with Crippen LogP contribution in [0.15, 0.2) is 30.5 Å². The number of hydrogen-bond donors (Lipinski definition) is 3. The summed E-state index contributed by atoms with van der Waals surface area (Å²) >= 11 is 0. The van der Waals surface area contributed by atoms with E-state index in [0.29, 0.717) is 12.1 Å². The number of nitrogens with zero attached hydrogens (tertiary/aromatic N) is 1. The molecule has 31 heavy (non-hydrogen) atoms. The molecule has 0 bridgehead atoms. The molecule has 0 spiro atoms. The average molecular weight is 425 g/mol. The molecular formula is C24H32N4O3. The SMILES string of the molecule is CC(C)OC(=O)C1=CN(C(=O)N[C@H]2CCCNC2)CC(C)(C)c2c1[nH]c1ccccc21. The number of esters is 1. The van der Waals surface area contributed by atoms with Crippen LogP contribution in [0.4, 0.5) is 4.79 Å². The first-order chi connectivity index (χ1) is 14.8. The van der Waals surface area contributed by atoms with E-state index in [1.54, 1.807) is 11.1 Å². The molecule has 0 aliphatic carbocycles. The number of aromatic amines is 1. The van der Waals surface area contributed by atoms with Gasteiger partial charge in [0.25, 0.3) is 0 Å². The number of benzene rings is 1. The molecule has 1 aromatic carbocycles. The van der Waals surface area contributed by atoms with Crippen molar-refractivity contribution >= 4 is 28.5 Å². The number of rotatable bonds is 3. The van der Waals surface area contributed by atoms with Gasteiger partial charge in [0, 0.05) is 41.6 Å². The van der Waals surface area contributed by atoms with Gasteiger partial charge in [0.15, 0.2) is 0 Å². The van der Waals surface area contributed by atoms with Gasteiger partial charge in [-0.2, -0.15) is 0 Å². The van der Waals surface area contributed by atoms with Crippen molar-refractivity contribution in [3.63, 3.8) is 0 Å². The summed E-state index contributed by atoms with van der Waals surface area (Å²) in [5.41, 5.74) is 2.72. The summed E-state index contributed by atoms with van der Waals surface area (Å²) in [5.74, 6) is -0.433. The summed E-state index contributed by atoms with van der Waals surface area (Å²) in [6.45, 7) is 10.1. The number of hydrogen-bond acceptors (Lipinski definition) is 4. The van der Waals surface area contributed by atoms with Crippen LogP contribution in [-0.2, 0) is 14.9 Å². The van der Waals surface area contributed by atoms with Crippen molar-refractivity contribution in [1.82, 2.24) is 20.5 Å². The van der Waals surface area contributed by atoms with Crippen molar-refractivity contribution in [3.8, 4) is 0 Å². The highest BCUT2D eigenvalue weighted by Gasteiger charge is 2.37. The summed E-state index contributed by atoms with van der Waals surface area (Å²) in [6.07, 6.45) is 3.38. The maximum atomic E-state index is 13.2. The molecule has 1 atom stereocenters. The van der Waals surface area contributed by atoms with Crippen LogP contribution in [0, 0.1) is 0 Å². The predicted molar refractivity (Wildman–Crippen MR) is 122 cm³/mol. The van der Waals surface area contributed by atoms with Crippen LogP contribution in [0.5, 0.6) is 0 Å². The Morgan fingerprint density at radius 3 is 2.74 bits per heavy atom. The molecule has 3 heterocycles. The average Bonchev–Trinajstić information content (AvgIpc) is 3.05. The van der Waals surface area contributed by atoms with Gasteiger partial charge in [-0.15, -0.1) is 0 Å². The van der Waals surface area contributed by atoms with Crippen molar-refractivity contribution in [2.24, 2.45) is 0 Å². The molecular weight excluding hydrogens is 392 g/mol. The highest BCUT2D eigenvalue weighted by Crippen LogP contribution is 2.40. The lowest BCUT2D eigenvalue weighted by Gasteiger charge is -2.31.